The molecule has 1 aliphatic carbocycles. The Balaban J connectivity index is 2.22. The molecule has 0 saturated carbocycles. The van der Waals surface area contributed by atoms with Crippen LogP contribution in [0.25, 0.3) is 0 Å². The summed E-state index contributed by atoms with van der Waals surface area (Å²) in [5, 5.41) is 0. The molecular weight excluding hydrogens is 192 g/mol. The lowest BCUT2D eigenvalue weighted by Crippen LogP contribution is -2.00. The minimum absolute atomic E-state index is 0.134. The van der Waals surface area contributed by atoms with E-state index in [2.05, 4.69) is 4.74 Å². The monoisotopic (exact) mass is 208 g/mol. The summed E-state index contributed by atoms with van der Waals surface area (Å²) in [6.07, 6.45) is 6.70. The van der Waals surface area contributed by atoms with Gasteiger partial charge in [0.05, 0.1) is 7.11 Å². The summed E-state index contributed by atoms with van der Waals surface area (Å²) in [6.45, 7) is 1.58. The highest BCUT2D eigenvalue weighted by molar-refractivity contribution is 5.94. The fourth-order valence-corrected chi connectivity index (χ4v) is 1.56. The number of allylic oxidation sites excluding steroid dienone is 4. The Labute approximate surface area is 89.8 Å². The van der Waals surface area contributed by atoms with Crippen molar-refractivity contribution < 1.29 is 14.3 Å². The summed E-state index contributed by atoms with van der Waals surface area (Å²) in [4.78, 5) is 21.9. The van der Waals surface area contributed by atoms with E-state index in [-0.39, 0.29) is 11.8 Å². The Morgan fingerprint density at radius 3 is 2.67 bits per heavy atom. The van der Waals surface area contributed by atoms with Crippen molar-refractivity contribution >= 4 is 11.8 Å². The van der Waals surface area contributed by atoms with Crippen LogP contribution in [-0.2, 0) is 14.3 Å². The van der Waals surface area contributed by atoms with Crippen LogP contribution in [-0.4, -0.2) is 18.9 Å². The van der Waals surface area contributed by atoms with Crippen LogP contribution in [0.5, 0.6) is 0 Å². The number of Topliss-reactive ketones (excluding diaryl/α,β-unsaturated/α-hetero) is 1. The molecule has 0 aliphatic heterocycles. The molecule has 0 fully saturated rings. The summed E-state index contributed by atoms with van der Waals surface area (Å²) in [7, 11) is 1.40. The van der Waals surface area contributed by atoms with Gasteiger partial charge in [0.15, 0.2) is 5.78 Å². The maximum absolute atomic E-state index is 11.0. The lowest BCUT2D eigenvalue weighted by Gasteiger charge is -2.02. The Kier molecular flexibility index (Phi) is 4.28. The molecule has 0 bridgehead atoms. The topological polar surface area (TPSA) is 43.4 Å². The van der Waals surface area contributed by atoms with Gasteiger partial charge in [0.25, 0.3) is 0 Å². The fourth-order valence-electron chi connectivity index (χ4n) is 1.56. The van der Waals surface area contributed by atoms with Crippen LogP contribution >= 0.6 is 0 Å². The van der Waals surface area contributed by atoms with Crippen LogP contribution < -0.4 is 0 Å². The molecule has 0 spiro atoms. The zero-order chi connectivity index (χ0) is 11.3. The molecule has 15 heavy (non-hydrogen) atoms. The number of rotatable bonds is 5. The molecule has 1 aliphatic rings. The molecule has 0 heterocycles. The first-order valence-electron chi connectivity index (χ1n) is 5.10. The number of esters is 1. The highest BCUT2D eigenvalue weighted by atomic mass is 16.5. The first-order valence-corrected chi connectivity index (χ1v) is 5.10. The van der Waals surface area contributed by atoms with E-state index in [0.717, 1.165) is 24.8 Å². The van der Waals surface area contributed by atoms with Crippen molar-refractivity contribution in [3.05, 3.63) is 23.3 Å². The molecule has 0 saturated heterocycles. The molecule has 0 atom stereocenters. The molecule has 3 nitrogen and oxygen atoms in total. The predicted molar refractivity (Wildman–Crippen MR) is 57.3 cm³/mol. The van der Waals surface area contributed by atoms with E-state index in [1.807, 2.05) is 12.2 Å². The van der Waals surface area contributed by atoms with Crippen molar-refractivity contribution in [2.45, 2.75) is 32.6 Å². The first-order chi connectivity index (χ1) is 7.13. The average molecular weight is 208 g/mol. The third kappa shape index (κ3) is 3.70. The van der Waals surface area contributed by atoms with Crippen LogP contribution in [0.4, 0.5) is 0 Å². The van der Waals surface area contributed by atoms with Crippen molar-refractivity contribution in [2.75, 3.05) is 7.11 Å². The number of methoxy groups -OCH3 is 1. The Hall–Kier alpha value is -1.38. The van der Waals surface area contributed by atoms with E-state index in [1.165, 1.54) is 12.7 Å². The molecule has 3 heteroatoms. The number of ether oxygens (including phenoxy) is 1. The van der Waals surface area contributed by atoms with E-state index in [4.69, 9.17) is 0 Å². The summed E-state index contributed by atoms with van der Waals surface area (Å²) in [6, 6.07) is 0. The summed E-state index contributed by atoms with van der Waals surface area (Å²) < 4.78 is 4.55. The van der Waals surface area contributed by atoms with Gasteiger partial charge < -0.3 is 4.74 Å². The van der Waals surface area contributed by atoms with Gasteiger partial charge in [0, 0.05) is 6.42 Å². The maximum Gasteiger partial charge on any atom is 0.305 e. The zero-order valence-electron chi connectivity index (χ0n) is 9.21. The second-order valence-electron chi connectivity index (χ2n) is 3.68. The third-order valence-corrected chi connectivity index (χ3v) is 2.50. The smallest absolute Gasteiger partial charge is 0.305 e. The molecule has 0 aromatic rings. The van der Waals surface area contributed by atoms with Crippen molar-refractivity contribution in [2.24, 2.45) is 0 Å². The number of carbonyl (C=O) groups is 2. The van der Waals surface area contributed by atoms with Crippen LogP contribution in [0.1, 0.15) is 32.6 Å². The fraction of sp³-hybridized carbons (Fsp3) is 0.500. The van der Waals surface area contributed by atoms with Gasteiger partial charge >= 0.3 is 5.97 Å². The minimum Gasteiger partial charge on any atom is -0.469 e. The normalized spacial score (nSPS) is 14.5. The van der Waals surface area contributed by atoms with E-state index in [0.29, 0.717) is 6.42 Å². The second kappa shape index (κ2) is 5.49. The van der Waals surface area contributed by atoms with Crippen LogP contribution in [0.3, 0.4) is 0 Å². The van der Waals surface area contributed by atoms with Gasteiger partial charge in [0.1, 0.15) is 0 Å². The minimum atomic E-state index is -0.173. The molecule has 82 valence electrons. The van der Waals surface area contributed by atoms with Crippen molar-refractivity contribution in [1.82, 2.24) is 0 Å². The van der Waals surface area contributed by atoms with E-state index < -0.39 is 0 Å². The molecular formula is C12H16O3. The predicted octanol–water partition coefficient (Wildman–Crippen LogP) is 2.18. The van der Waals surface area contributed by atoms with Gasteiger partial charge in [0.2, 0.25) is 0 Å². The molecule has 0 unspecified atom stereocenters. The number of hydrogen-bond acceptors (Lipinski definition) is 3. The van der Waals surface area contributed by atoms with Gasteiger partial charge in [-0.25, -0.2) is 0 Å². The Morgan fingerprint density at radius 1 is 1.40 bits per heavy atom. The highest BCUT2D eigenvalue weighted by Crippen LogP contribution is 2.23. The third-order valence-electron chi connectivity index (χ3n) is 2.50. The van der Waals surface area contributed by atoms with Gasteiger partial charge in [-0.15, -0.1) is 0 Å². The molecule has 0 aromatic heterocycles. The standard InChI is InChI=1S/C12H16O3/c1-9(13)11-7-6-10(8-11)4-3-5-12(14)15-2/h6-7H,3-5,8H2,1-2H3. The zero-order valence-corrected chi connectivity index (χ0v) is 9.21. The van der Waals surface area contributed by atoms with E-state index in [9.17, 15) is 9.59 Å². The number of ketones is 1. The van der Waals surface area contributed by atoms with Crippen molar-refractivity contribution in [3.63, 3.8) is 0 Å². The first kappa shape index (κ1) is 11.7. The lowest BCUT2D eigenvalue weighted by atomic mass is 10.0. The molecule has 0 aromatic carbocycles. The maximum atomic E-state index is 11.0. The van der Waals surface area contributed by atoms with Crippen LogP contribution in [0.15, 0.2) is 23.3 Å². The number of hydrogen-bond donors (Lipinski definition) is 0. The molecule has 1 rings (SSSR count). The van der Waals surface area contributed by atoms with Crippen LogP contribution in [0, 0.1) is 0 Å². The Morgan fingerprint density at radius 2 is 2.13 bits per heavy atom. The van der Waals surface area contributed by atoms with Crippen molar-refractivity contribution in [1.29, 1.82) is 0 Å². The Bertz CT molecular complexity index is 324. The highest BCUT2D eigenvalue weighted by Gasteiger charge is 2.12. The molecule has 0 amide bonds. The number of carbonyl (C=O) groups excluding carboxylic acids is 2. The van der Waals surface area contributed by atoms with Gasteiger partial charge in [-0.3, -0.25) is 9.59 Å². The summed E-state index contributed by atoms with van der Waals surface area (Å²) in [5.74, 6) is -0.0393. The second-order valence-corrected chi connectivity index (χ2v) is 3.68. The molecule has 0 N–H and O–H groups in total. The van der Waals surface area contributed by atoms with E-state index >= 15 is 0 Å². The van der Waals surface area contributed by atoms with Gasteiger partial charge in [-0.2, -0.15) is 0 Å². The SMILES string of the molecule is COC(=O)CCCC1=CC=C(C(C)=O)C1. The lowest BCUT2D eigenvalue weighted by molar-refractivity contribution is -0.140. The van der Waals surface area contributed by atoms with Gasteiger partial charge in [-0.05, 0) is 31.8 Å². The molecule has 0 radical (unpaired) electrons. The largest absolute Gasteiger partial charge is 0.469 e. The summed E-state index contributed by atoms with van der Waals surface area (Å²) >= 11 is 0. The van der Waals surface area contributed by atoms with E-state index in [1.54, 1.807) is 6.92 Å². The van der Waals surface area contributed by atoms with Gasteiger partial charge in [-0.1, -0.05) is 17.7 Å². The average Bonchev–Trinajstić information content (AvgIpc) is 2.66. The van der Waals surface area contributed by atoms with Crippen molar-refractivity contribution in [3.8, 4) is 0 Å². The summed E-state index contributed by atoms with van der Waals surface area (Å²) in [5.41, 5.74) is 2.09. The van der Waals surface area contributed by atoms with Crippen LogP contribution in [0.2, 0.25) is 0 Å². The quantitative estimate of drug-likeness (QED) is 0.650.